The average Bonchev–Trinajstić information content (AvgIpc) is 1.89. The summed E-state index contributed by atoms with van der Waals surface area (Å²) in [5.41, 5.74) is 0. The zero-order valence-corrected chi connectivity index (χ0v) is 7.07. The maximum Gasteiger partial charge on any atom is 0.335 e. The predicted molar refractivity (Wildman–Crippen MR) is 38.8 cm³/mol. The summed E-state index contributed by atoms with van der Waals surface area (Å²) >= 11 is 0. The molecule has 0 atom stereocenters. The standard InChI is InChI=1S/C5H13NO3S/c1-3-4-5-6-10(7,8)9-2/h6H,3-5H2,1-2H3. The van der Waals surface area contributed by atoms with Gasteiger partial charge in [0.2, 0.25) is 0 Å². The molecular weight excluding hydrogens is 154 g/mol. The van der Waals surface area contributed by atoms with Crippen molar-refractivity contribution in [1.29, 1.82) is 0 Å². The second kappa shape index (κ2) is 4.65. The molecule has 10 heavy (non-hydrogen) atoms. The molecule has 0 saturated heterocycles. The van der Waals surface area contributed by atoms with E-state index in [1.807, 2.05) is 6.92 Å². The fraction of sp³-hybridized carbons (Fsp3) is 1.00. The molecular formula is C5H13NO3S. The number of nitrogens with one attached hydrogen (secondary N) is 1. The van der Waals surface area contributed by atoms with Gasteiger partial charge in [-0.15, -0.1) is 0 Å². The summed E-state index contributed by atoms with van der Waals surface area (Å²) in [6.07, 6.45) is 1.80. The van der Waals surface area contributed by atoms with E-state index in [4.69, 9.17) is 0 Å². The van der Waals surface area contributed by atoms with E-state index >= 15 is 0 Å². The van der Waals surface area contributed by atoms with E-state index in [1.54, 1.807) is 0 Å². The summed E-state index contributed by atoms with van der Waals surface area (Å²) in [5, 5.41) is 0. The van der Waals surface area contributed by atoms with E-state index < -0.39 is 10.3 Å². The Bertz CT molecular complexity index is 164. The Hall–Kier alpha value is -0.130. The van der Waals surface area contributed by atoms with Gasteiger partial charge in [0.1, 0.15) is 0 Å². The highest BCUT2D eigenvalue weighted by Gasteiger charge is 2.03. The molecule has 0 unspecified atom stereocenters. The lowest BCUT2D eigenvalue weighted by molar-refractivity contribution is 0.386. The molecule has 5 heteroatoms. The van der Waals surface area contributed by atoms with Gasteiger partial charge in [-0.1, -0.05) is 13.3 Å². The molecule has 62 valence electrons. The van der Waals surface area contributed by atoms with Crippen molar-refractivity contribution in [1.82, 2.24) is 4.72 Å². The zero-order chi connectivity index (χ0) is 8.04. The lowest BCUT2D eigenvalue weighted by atomic mass is 10.3. The van der Waals surface area contributed by atoms with Crippen LogP contribution in [0.3, 0.4) is 0 Å². The van der Waals surface area contributed by atoms with Crippen molar-refractivity contribution in [2.75, 3.05) is 13.7 Å². The lowest BCUT2D eigenvalue weighted by Gasteiger charge is -2.00. The molecule has 0 aliphatic rings. The van der Waals surface area contributed by atoms with Crippen molar-refractivity contribution in [2.24, 2.45) is 0 Å². The summed E-state index contributed by atoms with van der Waals surface area (Å²) in [6, 6.07) is 0. The van der Waals surface area contributed by atoms with Crippen LogP contribution in [0.25, 0.3) is 0 Å². The van der Waals surface area contributed by atoms with Crippen LogP contribution in [0.15, 0.2) is 0 Å². The topological polar surface area (TPSA) is 55.4 Å². The van der Waals surface area contributed by atoms with Crippen LogP contribution in [-0.4, -0.2) is 22.1 Å². The first-order valence-corrected chi connectivity index (χ1v) is 4.58. The van der Waals surface area contributed by atoms with Crippen LogP contribution < -0.4 is 4.72 Å². The zero-order valence-electron chi connectivity index (χ0n) is 6.25. The van der Waals surface area contributed by atoms with Crippen LogP contribution in [0, 0.1) is 0 Å². The maximum absolute atomic E-state index is 10.5. The minimum Gasteiger partial charge on any atom is -0.261 e. The number of hydrogen-bond donors (Lipinski definition) is 1. The molecule has 0 fully saturated rings. The first-order chi connectivity index (χ1) is 4.62. The van der Waals surface area contributed by atoms with Gasteiger partial charge in [0.05, 0.1) is 7.11 Å². The Labute approximate surface area is 61.8 Å². The number of unbranched alkanes of at least 4 members (excludes halogenated alkanes) is 1. The highest BCUT2D eigenvalue weighted by Crippen LogP contribution is 1.86. The highest BCUT2D eigenvalue weighted by molar-refractivity contribution is 7.84. The Morgan fingerprint density at radius 1 is 1.50 bits per heavy atom. The summed E-state index contributed by atoms with van der Waals surface area (Å²) in [6.45, 7) is 2.44. The van der Waals surface area contributed by atoms with Gasteiger partial charge in [-0.25, -0.2) is 0 Å². The lowest BCUT2D eigenvalue weighted by Crippen LogP contribution is -2.25. The Balaban J connectivity index is 3.49. The fourth-order valence-electron chi connectivity index (χ4n) is 0.433. The minimum atomic E-state index is -3.44. The molecule has 0 spiro atoms. The van der Waals surface area contributed by atoms with Gasteiger partial charge < -0.3 is 0 Å². The molecule has 0 aromatic heterocycles. The van der Waals surface area contributed by atoms with Gasteiger partial charge in [0, 0.05) is 6.54 Å². The summed E-state index contributed by atoms with van der Waals surface area (Å²) in [4.78, 5) is 0. The van der Waals surface area contributed by atoms with Crippen LogP contribution in [0.1, 0.15) is 19.8 Å². The quantitative estimate of drug-likeness (QED) is 0.598. The van der Waals surface area contributed by atoms with Crippen LogP contribution in [0.4, 0.5) is 0 Å². The third-order valence-electron chi connectivity index (χ3n) is 1.03. The molecule has 0 heterocycles. The van der Waals surface area contributed by atoms with Gasteiger partial charge in [-0.05, 0) is 6.42 Å². The van der Waals surface area contributed by atoms with E-state index in [9.17, 15) is 8.42 Å². The Morgan fingerprint density at radius 3 is 2.50 bits per heavy atom. The first kappa shape index (κ1) is 9.87. The first-order valence-electron chi connectivity index (χ1n) is 3.17. The molecule has 0 aliphatic heterocycles. The molecule has 0 aromatic carbocycles. The van der Waals surface area contributed by atoms with Crippen molar-refractivity contribution >= 4 is 10.3 Å². The highest BCUT2D eigenvalue weighted by atomic mass is 32.2. The molecule has 0 aromatic rings. The van der Waals surface area contributed by atoms with E-state index in [2.05, 4.69) is 8.91 Å². The number of rotatable bonds is 5. The van der Waals surface area contributed by atoms with E-state index in [0.717, 1.165) is 20.0 Å². The predicted octanol–water partition coefficient (Wildman–Crippen LogP) is 0.267. The Morgan fingerprint density at radius 2 is 2.10 bits per heavy atom. The van der Waals surface area contributed by atoms with Gasteiger partial charge >= 0.3 is 10.3 Å². The normalized spacial score (nSPS) is 11.8. The summed E-state index contributed by atoms with van der Waals surface area (Å²) < 4.78 is 27.5. The Kier molecular flexibility index (Phi) is 4.59. The van der Waals surface area contributed by atoms with Gasteiger partial charge in [0.15, 0.2) is 0 Å². The molecule has 0 rings (SSSR count). The number of hydrogen-bond acceptors (Lipinski definition) is 3. The minimum absolute atomic E-state index is 0.451. The van der Waals surface area contributed by atoms with E-state index in [-0.39, 0.29) is 0 Å². The summed E-state index contributed by atoms with van der Waals surface area (Å²) in [5.74, 6) is 0. The molecule has 0 saturated carbocycles. The van der Waals surface area contributed by atoms with E-state index in [0.29, 0.717) is 6.54 Å². The maximum atomic E-state index is 10.5. The van der Waals surface area contributed by atoms with E-state index in [1.165, 1.54) is 0 Å². The smallest absolute Gasteiger partial charge is 0.261 e. The van der Waals surface area contributed by atoms with Crippen LogP contribution >= 0.6 is 0 Å². The molecule has 0 aliphatic carbocycles. The molecule has 0 radical (unpaired) electrons. The van der Waals surface area contributed by atoms with Crippen molar-refractivity contribution in [3.8, 4) is 0 Å². The molecule has 4 nitrogen and oxygen atoms in total. The van der Waals surface area contributed by atoms with Gasteiger partial charge in [-0.2, -0.15) is 13.1 Å². The second-order valence-corrected chi connectivity index (χ2v) is 3.40. The fourth-order valence-corrected chi connectivity index (χ4v) is 0.945. The largest absolute Gasteiger partial charge is 0.335 e. The third-order valence-corrected chi connectivity index (χ3v) is 2.03. The van der Waals surface area contributed by atoms with Crippen LogP contribution in [0.5, 0.6) is 0 Å². The van der Waals surface area contributed by atoms with Crippen molar-refractivity contribution in [3.05, 3.63) is 0 Å². The van der Waals surface area contributed by atoms with Crippen molar-refractivity contribution < 1.29 is 12.6 Å². The summed E-state index contributed by atoms with van der Waals surface area (Å²) in [7, 11) is -2.31. The van der Waals surface area contributed by atoms with Gasteiger partial charge in [0.25, 0.3) is 0 Å². The van der Waals surface area contributed by atoms with Crippen LogP contribution in [0.2, 0.25) is 0 Å². The SMILES string of the molecule is CCCCNS(=O)(=O)OC. The second-order valence-electron chi connectivity index (χ2n) is 1.87. The molecule has 0 bridgehead atoms. The van der Waals surface area contributed by atoms with Crippen molar-refractivity contribution in [3.63, 3.8) is 0 Å². The monoisotopic (exact) mass is 167 g/mol. The third kappa shape index (κ3) is 4.72. The van der Waals surface area contributed by atoms with Crippen LogP contribution in [-0.2, 0) is 14.5 Å². The van der Waals surface area contributed by atoms with Crippen molar-refractivity contribution in [2.45, 2.75) is 19.8 Å². The molecule has 0 amide bonds. The molecule has 1 N–H and O–H groups in total. The average molecular weight is 167 g/mol. The van der Waals surface area contributed by atoms with Gasteiger partial charge in [-0.3, -0.25) is 4.18 Å².